The number of halogens is 4. The van der Waals surface area contributed by atoms with Crippen molar-refractivity contribution < 1.29 is 8.78 Å². The molecule has 3 nitrogen and oxygen atoms in total. The van der Waals surface area contributed by atoms with Gasteiger partial charge in [0.1, 0.15) is 0 Å². The van der Waals surface area contributed by atoms with Gasteiger partial charge in [-0.05, 0) is 18.2 Å². The molecule has 0 bridgehead atoms. The van der Waals surface area contributed by atoms with E-state index < -0.39 is 19.0 Å². The van der Waals surface area contributed by atoms with Gasteiger partial charge in [0.2, 0.25) is 0 Å². The maximum Gasteiger partial charge on any atom is 0.277 e. The van der Waals surface area contributed by atoms with Gasteiger partial charge in [0.15, 0.2) is 0 Å². The lowest BCUT2D eigenvalue weighted by molar-refractivity contribution is -0.00624. The average Bonchev–Trinajstić information content (AvgIpc) is 2.79. The number of hydrogen-bond donors (Lipinski definition) is 1. The largest absolute Gasteiger partial charge is 0.325 e. The minimum atomic E-state index is -3.00. The van der Waals surface area contributed by atoms with E-state index in [1.54, 1.807) is 18.2 Å². The third kappa shape index (κ3) is 3.23. The highest BCUT2D eigenvalue weighted by Gasteiger charge is 2.28. The van der Waals surface area contributed by atoms with Crippen molar-refractivity contribution in [3.8, 4) is 11.3 Å². The number of nitrogens with zero attached hydrogens (tertiary/aromatic N) is 2. The highest BCUT2D eigenvalue weighted by molar-refractivity contribution is 6.35. The van der Waals surface area contributed by atoms with Gasteiger partial charge in [0.05, 0.1) is 36.3 Å². The molecule has 0 spiro atoms. The molecule has 2 aromatic rings. The third-order valence-electron chi connectivity index (χ3n) is 2.62. The normalized spacial score (nSPS) is 11.8. The standard InChI is InChI=1S/C12H11Cl2F2N3/c13-8-1-2-10(14)9(3-8)11-4-18-7-19(11)6-12(15,16)5-17/h1-4,7H,5-6,17H2. The Labute approximate surface area is 118 Å². The Morgan fingerprint density at radius 1 is 1.32 bits per heavy atom. The molecule has 0 atom stereocenters. The van der Waals surface area contributed by atoms with E-state index in [1.165, 1.54) is 17.1 Å². The van der Waals surface area contributed by atoms with Gasteiger partial charge >= 0.3 is 0 Å². The van der Waals surface area contributed by atoms with Crippen molar-refractivity contribution in [2.75, 3.05) is 6.54 Å². The van der Waals surface area contributed by atoms with Gasteiger partial charge in [-0.25, -0.2) is 13.8 Å². The molecule has 0 aliphatic carbocycles. The van der Waals surface area contributed by atoms with E-state index in [0.717, 1.165) is 0 Å². The molecule has 1 aromatic heterocycles. The van der Waals surface area contributed by atoms with Crippen LogP contribution in [0.4, 0.5) is 8.78 Å². The average molecular weight is 306 g/mol. The molecule has 2 N–H and O–H groups in total. The van der Waals surface area contributed by atoms with Crippen LogP contribution in [0.2, 0.25) is 10.0 Å². The first-order valence-corrected chi connectivity index (χ1v) is 6.22. The lowest BCUT2D eigenvalue weighted by atomic mass is 10.1. The molecule has 0 aliphatic heterocycles. The monoisotopic (exact) mass is 305 g/mol. The number of nitrogens with two attached hydrogens (primary N) is 1. The molecule has 0 aliphatic rings. The number of rotatable bonds is 4. The summed E-state index contributed by atoms with van der Waals surface area (Å²) < 4.78 is 28.0. The Hall–Kier alpha value is -1.17. The van der Waals surface area contributed by atoms with E-state index in [0.29, 0.717) is 21.3 Å². The van der Waals surface area contributed by atoms with Crippen LogP contribution in [0, 0.1) is 0 Å². The molecule has 0 fully saturated rings. The lowest BCUT2D eigenvalue weighted by Crippen LogP contribution is -2.32. The fourth-order valence-electron chi connectivity index (χ4n) is 1.68. The van der Waals surface area contributed by atoms with E-state index in [1.807, 2.05) is 0 Å². The molecule has 102 valence electrons. The second-order valence-electron chi connectivity index (χ2n) is 4.09. The van der Waals surface area contributed by atoms with Gasteiger partial charge in [-0.1, -0.05) is 23.2 Å². The van der Waals surface area contributed by atoms with Crippen molar-refractivity contribution in [2.45, 2.75) is 12.5 Å². The van der Waals surface area contributed by atoms with Crippen LogP contribution in [0.25, 0.3) is 11.3 Å². The van der Waals surface area contributed by atoms with Crippen molar-refractivity contribution in [3.05, 3.63) is 40.8 Å². The molecule has 0 unspecified atom stereocenters. The smallest absolute Gasteiger partial charge is 0.277 e. The Morgan fingerprint density at radius 3 is 2.74 bits per heavy atom. The molecule has 1 aromatic carbocycles. The SMILES string of the molecule is NCC(F)(F)Cn1cncc1-c1cc(Cl)ccc1Cl. The van der Waals surface area contributed by atoms with Crippen LogP contribution in [-0.2, 0) is 6.54 Å². The second kappa shape index (κ2) is 5.45. The molecule has 2 rings (SSSR count). The lowest BCUT2D eigenvalue weighted by Gasteiger charge is -2.17. The Kier molecular flexibility index (Phi) is 4.08. The van der Waals surface area contributed by atoms with E-state index in [4.69, 9.17) is 28.9 Å². The van der Waals surface area contributed by atoms with Crippen molar-refractivity contribution in [2.24, 2.45) is 5.73 Å². The number of imidazole rings is 1. The Bertz CT molecular complexity index is 584. The highest BCUT2D eigenvalue weighted by atomic mass is 35.5. The molecule has 0 saturated carbocycles. The summed E-state index contributed by atoms with van der Waals surface area (Å²) >= 11 is 11.9. The number of alkyl halides is 2. The minimum Gasteiger partial charge on any atom is -0.325 e. The maximum absolute atomic E-state index is 13.4. The number of benzene rings is 1. The first kappa shape index (κ1) is 14.2. The predicted octanol–water partition coefficient (Wildman–Crippen LogP) is 3.45. The number of aromatic nitrogens is 2. The first-order valence-electron chi connectivity index (χ1n) is 5.46. The summed E-state index contributed by atoms with van der Waals surface area (Å²) in [6.07, 6.45) is 2.78. The summed E-state index contributed by atoms with van der Waals surface area (Å²) in [6.45, 7) is -1.28. The second-order valence-corrected chi connectivity index (χ2v) is 4.93. The van der Waals surface area contributed by atoms with Gasteiger partial charge in [-0.2, -0.15) is 0 Å². The summed E-state index contributed by atoms with van der Waals surface area (Å²) in [5.41, 5.74) is 6.06. The van der Waals surface area contributed by atoms with Crippen molar-refractivity contribution in [3.63, 3.8) is 0 Å². The van der Waals surface area contributed by atoms with Crippen molar-refractivity contribution in [1.29, 1.82) is 0 Å². The van der Waals surface area contributed by atoms with E-state index in [2.05, 4.69) is 4.98 Å². The predicted molar refractivity (Wildman–Crippen MR) is 71.7 cm³/mol. The summed E-state index contributed by atoms with van der Waals surface area (Å²) in [5, 5.41) is 0.889. The Morgan fingerprint density at radius 2 is 2.05 bits per heavy atom. The molecule has 7 heteroatoms. The zero-order chi connectivity index (χ0) is 14.0. The molecule has 0 radical (unpaired) electrons. The van der Waals surface area contributed by atoms with Crippen LogP contribution < -0.4 is 5.73 Å². The number of hydrogen-bond acceptors (Lipinski definition) is 2. The topological polar surface area (TPSA) is 43.8 Å². The van der Waals surface area contributed by atoms with Crippen molar-refractivity contribution >= 4 is 23.2 Å². The molecule has 0 amide bonds. The van der Waals surface area contributed by atoms with Crippen LogP contribution in [0.5, 0.6) is 0 Å². The van der Waals surface area contributed by atoms with E-state index >= 15 is 0 Å². The Balaban J connectivity index is 2.42. The summed E-state index contributed by atoms with van der Waals surface area (Å²) in [7, 11) is 0. The van der Waals surface area contributed by atoms with Crippen LogP contribution in [-0.4, -0.2) is 22.0 Å². The molecular weight excluding hydrogens is 295 g/mol. The van der Waals surface area contributed by atoms with Gasteiger partial charge in [-0.3, -0.25) is 0 Å². The quantitative estimate of drug-likeness (QED) is 0.940. The molecular formula is C12H11Cl2F2N3. The zero-order valence-corrected chi connectivity index (χ0v) is 11.3. The highest BCUT2D eigenvalue weighted by Crippen LogP contribution is 2.31. The molecule has 19 heavy (non-hydrogen) atoms. The van der Waals surface area contributed by atoms with Gasteiger partial charge in [-0.15, -0.1) is 0 Å². The van der Waals surface area contributed by atoms with Crippen LogP contribution in [0.15, 0.2) is 30.7 Å². The molecule has 1 heterocycles. The van der Waals surface area contributed by atoms with Crippen molar-refractivity contribution in [1.82, 2.24) is 9.55 Å². The maximum atomic E-state index is 13.4. The summed E-state index contributed by atoms with van der Waals surface area (Å²) in [5.74, 6) is -3.00. The molecule has 0 saturated heterocycles. The summed E-state index contributed by atoms with van der Waals surface area (Å²) in [4.78, 5) is 3.87. The van der Waals surface area contributed by atoms with Gasteiger partial charge in [0.25, 0.3) is 5.92 Å². The minimum absolute atomic E-state index is 0.419. The first-order chi connectivity index (χ1) is 8.93. The fraction of sp³-hybridized carbons (Fsp3) is 0.250. The fourth-order valence-corrected chi connectivity index (χ4v) is 2.07. The van der Waals surface area contributed by atoms with Crippen LogP contribution in [0.3, 0.4) is 0 Å². The van der Waals surface area contributed by atoms with E-state index in [9.17, 15) is 8.78 Å². The zero-order valence-electron chi connectivity index (χ0n) is 9.78. The van der Waals surface area contributed by atoms with Crippen LogP contribution in [0.1, 0.15) is 0 Å². The van der Waals surface area contributed by atoms with E-state index in [-0.39, 0.29) is 0 Å². The third-order valence-corrected chi connectivity index (χ3v) is 3.18. The van der Waals surface area contributed by atoms with Gasteiger partial charge in [0, 0.05) is 10.6 Å². The van der Waals surface area contributed by atoms with Crippen LogP contribution >= 0.6 is 23.2 Å². The van der Waals surface area contributed by atoms with Gasteiger partial charge < -0.3 is 10.3 Å². The summed E-state index contributed by atoms with van der Waals surface area (Å²) in [6, 6.07) is 4.85.